The molecule has 0 radical (unpaired) electrons. The Morgan fingerprint density at radius 1 is 1.18 bits per heavy atom. The number of aryl methyl sites for hydroxylation is 1. The number of rotatable bonds is 8. The van der Waals surface area contributed by atoms with Gasteiger partial charge in [0.2, 0.25) is 0 Å². The Morgan fingerprint density at radius 2 is 1.93 bits per heavy atom. The highest BCUT2D eigenvalue weighted by Crippen LogP contribution is 2.24. The molecule has 0 aromatic heterocycles. The third-order valence-electron chi connectivity index (χ3n) is 4.18. The van der Waals surface area contributed by atoms with Gasteiger partial charge in [0, 0.05) is 11.1 Å². The highest BCUT2D eigenvalue weighted by atomic mass is 19.2. The van der Waals surface area contributed by atoms with Crippen molar-refractivity contribution in [2.45, 2.75) is 26.5 Å². The van der Waals surface area contributed by atoms with Crippen molar-refractivity contribution in [1.29, 1.82) is 0 Å². The Bertz CT molecular complexity index is 871. The second-order valence-electron chi connectivity index (χ2n) is 6.00. The average Bonchev–Trinajstić information content (AvgIpc) is 2.68. The van der Waals surface area contributed by atoms with Crippen molar-refractivity contribution in [2.75, 3.05) is 14.2 Å². The molecule has 0 amide bonds. The Morgan fingerprint density at radius 3 is 2.57 bits per heavy atom. The van der Waals surface area contributed by atoms with Crippen LogP contribution in [0.5, 0.6) is 0 Å². The van der Waals surface area contributed by atoms with Gasteiger partial charge in [-0.1, -0.05) is 23.4 Å². The summed E-state index contributed by atoms with van der Waals surface area (Å²) in [5.74, 6) is -2.41. The first-order valence-electron chi connectivity index (χ1n) is 8.45. The summed E-state index contributed by atoms with van der Waals surface area (Å²) in [7, 11) is 2.69. The van der Waals surface area contributed by atoms with E-state index in [1.807, 2.05) is 13.0 Å². The van der Waals surface area contributed by atoms with E-state index in [1.165, 1.54) is 20.3 Å². The number of esters is 1. The molecule has 0 bridgehead atoms. The van der Waals surface area contributed by atoms with Crippen LogP contribution in [0.4, 0.5) is 8.78 Å². The second-order valence-corrected chi connectivity index (χ2v) is 6.00. The predicted molar refractivity (Wildman–Crippen MR) is 99.4 cm³/mol. The van der Waals surface area contributed by atoms with Crippen LogP contribution < -0.4 is 5.48 Å². The number of oxime groups is 1. The summed E-state index contributed by atoms with van der Waals surface area (Å²) in [4.78, 5) is 22.4. The first kappa shape index (κ1) is 21.5. The largest absolute Gasteiger partial charge is 0.468 e. The molecule has 0 spiro atoms. The van der Waals surface area contributed by atoms with Crippen molar-refractivity contribution >= 4 is 11.7 Å². The fraction of sp³-hybridized carbons (Fsp3) is 0.300. The highest BCUT2D eigenvalue weighted by Gasteiger charge is 2.25. The number of nitrogens with zero attached hydrogens (tertiary/aromatic N) is 1. The molecule has 1 unspecified atom stereocenters. The molecule has 2 aromatic carbocycles. The van der Waals surface area contributed by atoms with E-state index < -0.39 is 23.6 Å². The molecule has 2 rings (SSSR count). The normalized spacial score (nSPS) is 12.6. The zero-order chi connectivity index (χ0) is 20.7. The molecule has 2 aromatic rings. The number of carbonyl (C=O) groups excluding carboxylic acids is 1. The number of benzene rings is 2. The van der Waals surface area contributed by atoms with Crippen LogP contribution in [-0.4, -0.2) is 25.9 Å². The molecule has 0 aliphatic heterocycles. The lowest BCUT2D eigenvalue weighted by Crippen LogP contribution is -2.30. The van der Waals surface area contributed by atoms with Gasteiger partial charge in [0.1, 0.15) is 6.61 Å². The molecule has 0 aliphatic carbocycles. The van der Waals surface area contributed by atoms with Crippen LogP contribution in [0.2, 0.25) is 0 Å². The molecule has 1 atom stereocenters. The van der Waals surface area contributed by atoms with Crippen LogP contribution >= 0.6 is 0 Å². The topological polar surface area (TPSA) is 69.2 Å². The summed E-state index contributed by atoms with van der Waals surface area (Å²) < 4.78 is 31.2. The van der Waals surface area contributed by atoms with Gasteiger partial charge in [-0.05, 0) is 43.2 Å². The summed E-state index contributed by atoms with van der Waals surface area (Å²) in [5, 5.41) is 3.97. The fourth-order valence-electron chi connectivity index (χ4n) is 2.63. The van der Waals surface area contributed by atoms with E-state index in [1.54, 1.807) is 19.1 Å². The van der Waals surface area contributed by atoms with E-state index in [0.717, 1.165) is 23.3 Å². The summed E-state index contributed by atoms with van der Waals surface area (Å²) >= 11 is 0. The SMILES string of the molecule is CONC(C(=O)OC)c1cccc(C)c1CO/N=C(\C)c1ccc(F)c(F)c1. The number of nitrogens with one attached hydrogen (secondary N) is 1. The first-order valence-corrected chi connectivity index (χ1v) is 8.45. The van der Waals surface area contributed by atoms with Crippen molar-refractivity contribution < 1.29 is 28.0 Å². The monoisotopic (exact) mass is 392 g/mol. The molecule has 8 heteroatoms. The van der Waals surface area contributed by atoms with Crippen LogP contribution in [0, 0.1) is 18.6 Å². The average molecular weight is 392 g/mol. The van der Waals surface area contributed by atoms with E-state index in [4.69, 9.17) is 14.4 Å². The third kappa shape index (κ3) is 5.11. The number of hydrogen-bond donors (Lipinski definition) is 1. The maximum absolute atomic E-state index is 13.4. The highest BCUT2D eigenvalue weighted by molar-refractivity contribution is 5.98. The maximum Gasteiger partial charge on any atom is 0.329 e. The number of methoxy groups -OCH3 is 1. The third-order valence-corrected chi connectivity index (χ3v) is 4.18. The minimum Gasteiger partial charge on any atom is -0.468 e. The molecule has 0 saturated carbocycles. The first-order chi connectivity index (χ1) is 13.4. The van der Waals surface area contributed by atoms with Crippen LogP contribution in [-0.2, 0) is 25.8 Å². The maximum atomic E-state index is 13.4. The molecule has 0 aliphatic rings. The molecule has 1 N–H and O–H groups in total. The van der Waals surface area contributed by atoms with E-state index >= 15 is 0 Å². The Hall–Kier alpha value is -2.84. The smallest absolute Gasteiger partial charge is 0.329 e. The lowest BCUT2D eigenvalue weighted by molar-refractivity contribution is -0.147. The molecule has 150 valence electrons. The summed E-state index contributed by atoms with van der Waals surface area (Å²) in [5.41, 5.74) is 5.62. The predicted octanol–water partition coefficient (Wildman–Crippen LogP) is 3.58. The van der Waals surface area contributed by atoms with Gasteiger partial charge >= 0.3 is 5.97 Å². The van der Waals surface area contributed by atoms with E-state index in [-0.39, 0.29) is 6.61 Å². The molecule has 0 saturated heterocycles. The zero-order valence-corrected chi connectivity index (χ0v) is 16.1. The minimum absolute atomic E-state index is 0.0575. The summed E-state index contributed by atoms with van der Waals surface area (Å²) in [6.45, 7) is 3.55. The van der Waals surface area contributed by atoms with E-state index in [2.05, 4.69) is 10.6 Å². The lowest BCUT2D eigenvalue weighted by Gasteiger charge is -2.19. The summed E-state index contributed by atoms with van der Waals surface area (Å²) in [6, 6.07) is 8.07. The van der Waals surface area contributed by atoms with Crippen LogP contribution in [0.3, 0.4) is 0 Å². The number of halogens is 2. The molecule has 0 heterocycles. The zero-order valence-electron chi connectivity index (χ0n) is 16.1. The van der Waals surface area contributed by atoms with Gasteiger partial charge < -0.3 is 14.4 Å². The number of hydrogen-bond acceptors (Lipinski definition) is 6. The Balaban J connectivity index is 2.23. The Kier molecular flexibility index (Phi) is 7.60. The molecule has 28 heavy (non-hydrogen) atoms. The minimum atomic E-state index is -0.959. The quantitative estimate of drug-likeness (QED) is 0.423. The molecular formula is C20H22F2N2O4. The van der Waals surface area contributed by atoms with Gasteiger partial charge in [0.25, 0.3) is 0 Å². The van der Waals surface area contributed by atoms with Gasteiger partial charge in [-0.2, -0.15) is 5.48 Å². The van der Waals surface area contributed by atoms with Crippen LogP contribution in [0.15, 0.2) is 41.6 Å². The van der Waals surface area contributed by atoms with Crippen molar-refractivity contribution in [3.63, 3.8) is 0 Å². The van der Waals surface area contributed by atoms with Crippen molar-refractivity contribution in [3.05, 3.63) is 70.3 Å². The van der Waals surface area contributed by atoms with Gasteiger partial charge in [0.15, 0.2) is 17.7 Å². The lowest BCUT2D eigenvalue weighted by atomic mass is 9.97. The number of hydroxylamine groups is 1. The van der Waals surface area contributed by atoms with Gasteiger partial charge in [-0.25, -0.2) is 13.6 Å². The molecule has 6 nitrogen and oxygen atoms in total. The van der Waals surface area contributed by atoms with Gasteiger partial charge in [-0.3, -0.25) is 0 Å². The fourth-order valence-corrected chi connectivity index (χ4v) is 2.63. The number of carbonyl (C=O) groups is 1. The van der Waals surface area contributed by atoms with Crippen molar-refractivity contribution in [1.82, 2.24) is 5.48 Å². The van der Waals surface area contributed by atoms with Crippen molar-refractivity contribution in [2.24, 2.45) is 5.16 Å². The van der Waals surface area contributed by atoms with Crippen LogP contribution in [0.25, 0.3) is 0 Å². The van der Waals surface area contributed by atoms with Gasteiger partial charge in [0.05, 0.1) is 19.9 Å². The Labute approximate surface area is 162 Å². The van der Waals surface area contributed by atoms with Crippen molar-refractivity contribution in [3.8, 4) is 0 Å². The van der Waals surface area contributed by atoms with E-state index in [0.29, 0.717) is 16.8 Å². The summed E-state index contributed by atoms with van der Waals surface area (Å²) in [6.07, 6.45) is 0. The van der Waals surface area contributed by atoms with Gasteiger partial charge in [-0.15, -0.1) is 0 Å². The molecular weight excluding hydrogens is 370 g/mol. The standard InChI is InChI=1S/C20H22F2N2O4/c1-12-6-5-7-15(19(24-27-4)20(25)26-3)16(12)11-28-23-13(2)14-8-9-17(21)18(22)10-14/h5-10,19,24H,11H2,1-4H3/b23-13+. The van der Waals surface area contributed by atoms with E-state index in [9.17, 15) is 13.6 Å². The van der Waals surface area contributed by atoms with Crippen LogP contribution in [0.1, 0.15) is 35.2 Å². The molecule has 0 fully saturated rings. The second kappa shape index (κ2) is 9.91. The number of ether oxygens (including phenoxy) is 1.